The summed E-state index contributed by atoms with van der Waals surface area (Å²) in [4.78, 5) is 4.06. The third kappa shape index (κ3) is 2.10. The van der Waals surface area contributed by atoms with Crippen molar-refractivity contribution in [1.82, 2.24) is 9.80 Å². The molecule has 17 heavy (non-hydrogen) atoms. The van der Waals surface area contributed by atoms with Crippen LogP contribution in [0.25, 0.3) is 0 Å². The zero-order valence-corrected chi connectivity index (χ0v) is 11.3. The summed E-state index contributed by atoms with van der Waals surface area (Å²) in [6.07, 6.45) is 0.640. The van der Waals surface area contributed by atoms with Crippen molar-refractivity contribution < 1.29 is 8.78 Å². The Morgan fingerprint density at radius 1 is 0.882 bits per heavy atom. The topological polar surface area (TPSA) is 6.48 Å². The zero-order valence-electron chi connectivity index (χ0n) is 11.3. The van der Waals surface area contributed by atoms with E-state index < -0.39 is 11.3 Å². The average molecular weight is 246 g/mol. The molecular weight excluding hydrogens is 222 g/mol. The summed E-state index contributed by atoms with van der Waals surface area (Å²) in [5, 5.41) is 0. The molecule has 100 valence electrons. The Balaban J connectivity index is 2.03. The second-order valence-electron chi connectivity index (χ2n) is 6.30. The van der Waals surface area contributed by atoms with Crippen molar-refractivity contribution >= 4 is 0 Å². The molecule has 0 saturated carbocycles. The number of piperidine rings is 1. The lowest BCUT2D eigenvalue weighted by Crippen LogP contribution is -2.71. The van der Waals surface area contributed by atoms with Crippen LogP contribution >= 0.6 is 0 Å². The fourth-order valence-corrected chi connectivity index (χ4v) is 2.97. The van der Waals surface area contributed by atoms with Gasteiger partial charge in [-0.05, 0) is 40.7 Å². The molecule has 0 bridgehead atoms. The van der Waals surface area contributed by atoms with Gasteiger partial charge >= 0.3 is 0 Å². The highest BCUT2D eigenvalue weighted by molar-refractivity contribution is 5.08. The van der Waals surface area contributed by atoms with Gasteiger partial charge in [0.1, 0.15) is 0 Å². The minimum absolute atomic E-state index is 0.0589. The third-order valence-corrected chi connectivity index (χ3v) is 4.53. The van der Waals surface area contributed by atoms with E-state index in [9.17, 15) is 8.78 Å². The van der Waals surface area contributed by atoms with Crippen molar-refractivity contribution in [2.75, 3.05) is 26.2 Å². The Hall–Kier alpha value is -0.220. The molecule has 2 aliphatic rings. The summed E-state index contributed by atoms with van der Waals surface area (Å²) in [7, 11) is 0. The molecule has 0 unspecified atom stereocenters. The Kier molecular flexibility index (Phi) is 3.24. The van der Waals surface area contributed by atoms with E-state index in [2.05, 4.69) is 18.7 Å². The number of hydrogen-bond donors (Lipinski definition) is 0. The highest BCUT2D eigenvalue weighted by Crippen LogP contribution is 2.50. The van der Waals surface area contributed by atoms with Crippen LogP contribution in [0.5, 0.6) is 0 Å². The Bertz CT molecular complexity index is 283. The third-order valence-electron chi connectivity index (χ3n) is 4.53. The van der Waals surface area contributed by atoms with Gasteiger partial charge in [0.25, 0.3) is 5.92 Å². The number of hydrogen-bond acceptors (Lipinski definition) is 2. The normalized spacial score (nSPS) is 28.9. The van der Waals surface area contributed by atoms with Crippen LogP contribution in [0.1, 0.15) is 34.1 Å². The van der Waals surface area contributed by atoms with Crippen LogP contribution in [0.4, 0.5) is 8.78 Å². The summed E-state index contributed by atoms with van der Waals surface area (Å²) in [6.45, 7) is 10.1. The Labute approximate surface area is 103 Å². The molecule has 0 aromatic carbocycles. The van der Waals surface area contributed by atoms with Crippen LogP contribution in [-0.2, 0) is 0 Å². The molecule has 4 heteroatoms. The molecule has 0 radical (unpaired) electrons. The first-order chi connectivity index (χ1) is 7.77. The van der Waals surface area contributed by atoms with Crippen LogP contribution in [0, 0.1) is 5.41 Å². The van der Waals surface area contributed by atoms with Gasteiger partial charge in [0.15, 0.2) is 0 Å². The molecule has 0 aromatic rings. The van der Waals surface area contributed by atoms with E-state index in [0.717, 1.165) is 6.54 Å². The Morgan fingerprint density at radius 2 is 1.41 bits per heavy atom. The molecule has 2 rings (SSSR count). The van der Waals surface area contributed by atoms with Crippen LogP contribution < -0.4 is 0 Å². The summed E-state index contributed by atoms with van der Waals surface area (Å²) < 4.78 is 28.6. The lowest BCUT2D eigenvalue weighted by atomic mass is 9.68. The number of likely N-dealkylation sites (tertiary alicyclic amines) is 2. The highest BCUT2D eigenvalue weighted by atomic mass is 19.3. The maximum Gasteiger partial charge on any atom is 0.268 e. The molecule has 1 spiro atoms. The van der Waals surface area contributed by atoms with E-state index in [4.69, 9.17) is 0 Å². The maximum atomic E-state index is 14.3. The van der Waals surface area contributed by atoms with Gasteiger partial charge in [-0.15, -0.1) is 0 Å². The van der Waals surface area contributed by atoms with E-state index >= 15 is 0 Å². The minimum atomic E-state index is -2.53. The maximum absolute atomic E-state index is 14.3. The molecule has 2 saturated heterocycles. The van der Waals surface area contributed by atoms with Crippen LogP contribution in [-0.4, -0.2) is 54.0 Å². The predicted octanol–water partition coefficient (Wildman–Crippen LogP) is 2.45. The van der Waals surface area contributed by atoms with E-state index in [0.29, 0.717) is 25.6 Å². The van der Waals surface area contributed by atoms with Gasteiger partial charge in [-0.1, -0.05) is 0 Å². The number of rotatable bonds is 2. The second-order valence-corrected chi connectivity index (χ2v) is 6.30. The highest BCUT2D eigenvalue weighted by Gasteiger charge is 2.62. The van der Waals surface area contributed by atoms with Crippen molar-refractivity contribution in [2.24, 2.45) is 5.41 Å². The summed E-state index contributed by atoms with van der Waals surface area (Å²) in [5.41, 5.74) is -0.733. The van der Waals surface area contributed by atoms with E-state index in [-0.39, 0.29) is 12.6 Å². The monoisotopic (exact) mass is 246 g/mol. The van der Waals surface area contributed by atoms with E-state index in [1.54, 1.807) is 0 Å². The first-order valence-electron chi connectivity index (χ1n) is 6.63. The van der Waals surface area contributed by atoms with Crippen LogP contribution in [0.15, 0.2) is 0 Å². The van der Waals surface area contributed by atoms with E-state index in [1.807, 2.05) is 18.7 Å². The summed E-state index contributed by atoms with van der Waals surface area (Å²) >= 11 is 0. The van der Waals surface area contributed by atoms with Crippen molar-refractivity contribution in [1.29, 1.82) is 0 Å². The smallest absolute Gasteiger partial charge is 0.268 e. The van der Waals surface area contributed by atoms with Crippen molar-refractivity contribution in [3.05, 3.63) is 0 Å². The lowest BCUT2D eigenvalue weighted by Gasteiger charge is -2.59. The molecule has 0 aliphatic carbocycles. The quantitative estimate of drug-likeness (QED) is 0.738. The number of halogens is 2. The standard InChI is InChI=1S/C13H24F2N2/c1-10(2)16-6-5-12(13(14,15)9-16)7-17(8-12)11(3)4/h10-11H,5-9H2,1-4H3. The van der Waals surface area contributed by atoms with Crippen molar-refractivity contribution in [2.45, 2.75) is 52.1 Å². The van der Waals surface area contributed by atoms with Gasteiger partial charge < -0.3 is 0 Å². The van der Waals surface area contributed by atoms with Gasteiger partial charge in [0.2, 0.25) is 0 Å². The molecule has 0 amide bonds. The Morgan fingerprint density at radius 3 is 1.82 bits per heavy atom. The fourth-order valence-electron chi connectivity index (χ4n) is 2.97. The van der Waals surface area contributed by atoms with Gasteiger partial charge in [0, 0.05) is 25.2 Å². The largest absolute Gasteiger partial charge is 0.299 e. The zero-order chi connectivity index (χ0) is 12.8. The molecule has 2 nitrogen and oxygen atoms in total. The molecular formula is C13H24F2N2. The molecule has 2 heterocycles. The number of nitrogens with zero attached hydrogens (tertiary/aromatic N) is 2. The minimum Gasteiger partial charge on any atom is -0.299 e. The van der Waals surface area contributed by atoms with Crippen LogP contribution in [0.3, 0.4) is 0 Å². The molecule has 0 aromatic heterocycles. The van der Waals surface area contributed by atoms with Gasteiger partial charge in [-0.2, -0.15) is 0 Å². The molecule has 0 atom stereocenters. The molecule has 2 aliphatic heterocycles. The SMILES string of the molecule is CC(C)N1CCC2(CN(C(C)C)C2)C(F)(F)C1. The fraction of sp³-hybridized carbons (Fsp3) is 1.00. The number of alkyl halides is 2. The summed E-state index contributed by atoms with van der Waals surface area (Å²) in [5.74, 6) is -2.53. The van der Waals surface area contributed by atoms with Crippen molar-refractivity contribution in [3.63, 3.8) is 0 Å². The first kappa shape index (κ1) is 13.2. The molecule has 2 fully saturated rings. The van der Waals surface area contributed by atoms with Gasteiger partial charge in [0.05, 0.1) is 12.0 Å². The van der Waals surface area contributed by atoms with E-state index in [1.165, 1.54) is 0 Å². The van der Waals surface area contributed by atoms with Gasteiger partial charge in [-0.3, -0.25) is 9.80 Å². The average Bonchev–Trinajstić information content (AvgIpc) is 2.12. The van der Waals surface area contributed by atoms with Crippen LogP contribution in [0.2, 0.25) is 0 Å². The lowest BCUT2D eigenvalue weighted by molar-refractivity contribution is -0.232. The molecule has 0 N–H and O–H groups in total. The van der Waals surface area contributed by atoms with Gasteiger partial charge in [-0.25, -0.2) is 8.78 Å². The summed E-state index contributed by atoms with van der Waals surface area (Å²) in [6, 6.07) is 0.610. The first-order valence-corrected chi connectivity index (χ1v) is 6.63. The van der Waals surface area contributed by atoms with Crippen molar-refractivity contribution in [3.8, 4) is 0 Å². The predicted molar refractivity (Wildman–Crippen MR) is 65.4 cm³/mol. The second kappa shape index (κ2) is 4.16.